The third-order valence-corrected chi connectivity index (χ3v) is 14.9. The number of hydrogen-bond donors (Lipinski definition) is 1. The van der Waals surface area contributed by atoms with E-state index in [-0.39, 0.29) is 42.8 Å². The monoisotopic (exact) mass is 682 g/mol. The number of rotatable bonds is 11. The first-order chi connectivity index (χ1) is 23.1. The summed E-state index contributed by atoms with van der Waals surface area (Å²) in [7, 11) is -0.809. The van der Waals surface area contributed by atoms with E-state index in [1.54, 1.807) is 12.0 Å². The van der Waals surface area contributed by atoms with Crippen molar-refractivity contribution in [3.63, 3.8) is 0 Å². The van der Waals surface area contributed by atoms with Crippen LogP contribution < -0.4 is 14.8 Å². The number of hydrogen-bond acceptors (Lipinski definition) is 5. The number of amides is 2. The van der Waals surface area contributed by atoms with E-state index in [0.29, 0.717) is 18.1 Å². The third kappa shape index (κ3) is 6.18. The largest absolute Gasteiger partial charge is 0.497 e. The van der Waals surface area contributed by atoms with E-state index in [9.17, 15) is 14.7 Å². The predicted molar refractivity (Wildman–Crippen MR) is 192 cm³/mol. The maximum absolute atomic E-state index is 14.9. The summed E-state index contributed by atoms with van der Waals surface area (Å²) in [6.45, 7) is 7.52. The van der Waals surface area contributed by atoms with Crippen molar-refractivity contribution in [3.8, 4) is 5.75 Å². The molecule has 0 bridgehead atoms. The van der Waals surface area contributed by atoms with E-state index >= 15 is 0 Å². The van der Waals surface area contributed by atoms with Gasteiger partial charge in [-0.3, -0.25) is 9.59 Å². The number of carbonyl (C=O) groups is 2. The molecule has 6 rings (SSSR count). The average Bonchev–Trinajstić information content (AvgIpc) is 3.51. The third-order valence-electron chi connectivity index (χ3n) is 10.3. The molecule has 1 saturated heterocycles. The van der Waals surface area contributed by atoms with Crippen LogP contribution in [0, 0.1) is 5.92 Å². The molecule has 4 atom stereocenters. The van der Waals surface area contributed by atoms with E-state index in [2.05, 4.69) is 32.2 Å². The molecule has 4 aromatic carbocycles. The van der Waals surface area contributed by atoms with Crippen molar-refractivity contribution in [1.29, 1.82) is 0 Å². The molecule has 9 heteroatoms. The predicted octanol–water partition coefficient (Wildman–Crippen LogP) is 6.52. The minimum absolute atomic E-state index is 0.0814. The minimum atomic E-state index is -2.46. The Bertz CT molecular complexity index is 1750. The van der Waals surface area contributed by atoms with E-state index in [1.807, 2.05) is 95.9 Å². The van der Waals surface area contributed by atoms with Crippen LogP contribution in [0.4, 0.5) is 5.69 Å². The van der Waals surface area contributed by atoms with Crippen LogP contribution in [0.25, 0.3) is 0 Å². The second-order valence-electron chi connectivity index (χ2n) is 13.4. The van der Waals surface area contributed by atoms with Gasteiger partial charge in [-0.1, -0.05) is 110 Å². The number of anilines is 1. The summed E-state index contributed by atoms with van der Waals surface area (Å²) >= 11 is 6.64. The summed E-state index contributed by atoms with van der Waals surface area (Å²) < 4.78 is 12.6. The molecular formula is C39H43ClN2O5Si. The number of methoxy groups -OCH3 is 1. The molecule has 48 heavy (non-hydrogen) atoms. The smallest absolute Gasteiger partial charge is 0.264 e. The Morgan fingerprint density at radius 2 is 1.62 bits per heavy atom. The van der Waals surface area contributed by atoms with E-state index in [4.69, 9.17) is 21.1 Å². The molecule has 0 unspecified atom stereocenters. The van der Waals surface area contributed by atoms with E-state index in [0.717, 1.165) is 28.1 Å². The molecule has 0 aromatic heterocycles. The lowest BCUT2D eigenvalue weighted by Crippen LogP contribution is -2.52. The summed E-state index contributed by atoms with van der Waals surface area (Å²) in [4.78, 5) is 32.6. The molecule has 1 spiro atoms. The fourth-order valence-electron chi connectivity index (χ4n) is 7.93. The van der Waals surface area contributed by atoms with Gasteiger partial charge in [0.2, 0.25) is 5.91 Å². The molecule has 0 aliphatic carbocycles. The van der Waals surface area contributed by atoms with Crippen LogP contribution in [0.1, 0.15) is 30.0 Å². The standard InChI is InChI=1S/C39H43ClN2O5Si/c1-27-37(48(3,4)32-18-16-31(46-2)17-19-32)35(24-36(44)41(21-22-43)25-28-11-7-5-8-12-28)47-39(27)33-23-30(40)15-20-34(33)42(38(39)45)26-29-13-9-6-10-14-29/h5-20,23,27,35,37,43H,21-22,24-26H2,1-4H3/t27-,35+,37-,39+/m0/s1. The molecule has 2 heterocycles. The Kier molecular flexibility index (Phi) is 9.81. The first kappa shape index (κ1) is 33.9. The highest BCUT2D eigenvalue weighted by Gasteiger charge is 2.66. The Morgan fingerprint density at radius 3 is 2.25 bits per heavy atom. The minimum Gasteiger partial charge on any atom is -0.497 e. The van der Waals surface area contributed by atoms with Crippen LogP contribution in [-0.4, -0.2) is 56.3 Å². The summed E-state index contributed by atoms with van der Waals surface area (Å²) in [5, 5.41) is 11.6. The zero-order chi connectivity index (χ0) is 34.1. The van der Waals surface area contributed by atoms with Crippen LogP contribution in [-0.2, 0) is 33.0 Å². The number of aliphatic hydroxyl groups is 1. The van der Waals surface area contributed by atoms with Gasteiger partial charge in [0.15, 0.2) is 5.60 Å². The lowest BCUT2D eigenvalue weighted by atomic mass is 9.82. The maximum atomic E-state index is 14.9. The topological polar surface area (TPSA) is 79.3 Å². The Balaban J connectivity index is 1.43. The SMILES string of the molecule is COc1ccc([Si](C)(C)[C@@H]2[C@@H](CC(=O)N(CCO)Cc3ccccc3)O[C@]3(C(=O)N(Cc4ccccc4)c4ccc(Cl)cc43)[C@H]2C)cc1. The van der Waals surface area contributed by atoms with Crippen molar-refractivity contribution < 1.29 is 24.2 Å². The van der Waals surface area contributed by atoms with Crippen LogP contribution in [0.2, 0.25) is 23.7 Å². The fourth-order valence-corrected chi connectivity index (χ4v) is 12.1. The first-order valence-corrected chi connectivity index (χ1v) is 20.0. The highest BCUT2D eigenvalue weighted by atomic mass is 35.5. The zero-order valence-corrected chi connectivity index (χ0v) is 29.7. The van der Waals surface area contributed by atoms with Gasteiger partial charge in [0.25, 0.3) is 5.91 Å². The molecule has 0 saturated carbocycles. The number of fused-ring (bicyclic) bond motifs is 2. The molecule has 4 aromatic rings. The van der Waals surface area contributed by atoms with Gasteiger partial charge in [0.1, 0.15) is 5.75 Å². The molecule has 1 fully saturated rings. The van der Waals surface area contributed by atoms with Crippen molar-refractivity contribution in [1.82, 2.24) is 4.90 Å². The van der Waals surface area contributed by atoms with Crippen LogP contribution >= 0.6 is 11.6 Å². The normalized spacial score (nSPS) is 21.8. The first-order valence-electron chi connectivity index (χ1n) is 16.5. The summed E-state index contributed by atoms with van der Waals surface area (Å²) in [6, 6.07) is 33.5. The maximum Gasteiger partial charge on any atom is 0.264 e. The number of nitrogens with zero attached hydrogens (tertiary/aromatic N) is 2. The Hall–Kier alpha value is -3.95. The highest BCUT2D eigenvalue weighted by molar-refractivity contribution is 6.91. The van der Waals surface area contributed by atoms with Crippen molar-refractivity contribution in [2.45, 2.75) is 56.8 Å². The lowest BCUT2D eigenvalue weighted by molar-refractivity contribution is -0.150. The van der Waals surface area contributed by atoms with E-state index < -0.39 is 19.8 Å². The number of carbonyl (C=O) groups excluding carboxylic acids is 2. The quantitative estimate of drug-likeness (QED) is 0.182. The molecule has 2 aliphatic heterocycles. The van der Waals surface area contributed by atoms with Gasteiger partial charge in [0, 0.05) is 29.6 Å². The second kappa shape index (κ2) is 13.9. The van der Waals surface area contributed by atoms with Gasteiger partial charge in [-0.15, -0.1) is 0 Å². The van der Waals surface area contributed by atoms with Crippen molar-refractivity contribution in [2.75, 3.05) is 25.2 Å². The Morgan fingerprint density at radius 1 is 0.979 bits per heavy atom. The molecule has 0 radical (unpaired) electrons. The molecule has 7 nitrogen and oxygen atoms in total. The van der Waals surface area contributed by atoms with Gasteiger partial charge in [0.05, 0.1) is 46.5 Å². The zero-order valence-electron chi connectivity index (χ0n) is 27.9. The molecular weight excluding hydrogens is 640 g/mol. The fraction of sp³-hybridized carbons (Fsp3) is 0.333. The lowest BCUT2D eigenvalue weighted by Gasteiger charge is -2.37. The number of aliphatic hydroxyl groups excluding tert-OH is 1. The van der Waals surface area contributed by atoms with Crippen LogP contribution in [0.3, 0.4) is 0 Å². The van der Waals surface area contributed by atoms with Crippen molar-refractivity contribution in [2.24, 2.45) is 5.92 Å². The van der Waals surface area contributed by atoms with Gasteiger partial charge in [-0.2, -0.15) is 0 Å². The Labute approximate surface area is 289 Å². The van der Waals surface area contributed by atoms with Gasteiger partial charge in [-0.05, 0) is 47.0 Å². The van der Waals surface area contributed by atoms with Crippen LogP contribution in [0.15, 0.2) is 103 Å². The molecule has 2 amide bonds. The van der Waals surface area contributed by atoms with Gasteiger partial charge in [-0.25, -0.2) is 0 Å². The molecule has 2 aliphatic rings. The number of ether oxygens (including phenoxy) is 2. The van der Waals surface area contributed by atoms with Crippen molar-refractivity contribution >= 4 is 42.4 Å². The van der Waals surface area contributed by atoms with Crippen LogP contribution in [0.5, 0.6) is 5.75 Å². The molecule has 250 valence electrons. The van der Waals surface area contributed by atoms with E-state index in [1.165, 1.54) is 5.19 Å². The summed E-state index contributed by atoms with van der Waals surface area (Å²) in [5.41, 5.74) is 2.08. The average molecular weight is 683 g/mol. The van der Waals surface area contributed by atoms with Gasteiger partial charge >= 0.3 is 0 Å². The summed E-state index contributed by atoms with van der Waals surface area (Å²) in [6.07, 6.45) is -0.474. The number of halogens is 1. The van der Waals surface area contributed by atoms with Gasteiger partial charge < -0.3 is 24.4 Å². The molecule has 1 N–H and O–H groups in total. The summed E-state index contributed by atoms with van der Waals surface area (Å²) in [5.74, 6) is 0.246. The second-order valence-corrected chi connectivity index (χ2v) is 18.5. The number of benzene rings is 4. The highest BCUT2D eigenvalue weighted by Crippen LogP contribution is 2.60. The van der Waals surface area contributed by atoms with Crippen molar-refractivity contribution in [3.05, 3.63) is 125 Å².